The molecular formula is C8H15N. The Morgan fingerprint density at radius 3 is 2.67 bits per heavy atom. The molecule has 0 aromatic carbocycles. The predicted molar refractivity (Wildman–Crippen MR) is 40.1 cm³/mol. The zero-order chi connectivity index (χ0) is 6.85. The van der Waals surface area contributed by atoms with Crippen LogP contribution in [0, 0.1) is 11.8 Å². The predicted octanol–water partition coefficient (Wildman–Crippen LogP) is 1.55. The average Bonchev–Trinajstić information content (AvgIpc) is 1.84. The Hall–Kier alpha value is -0.300. The van der Waals surface area contributed by atoms with Gasteiger partial charge >= 0.3 is 0 Å². The summed E-state index contributed by atoms with van der Waals surface area (Å²) in [5, 5.41) is 0. The van der Waals surface area contributed by atoms with E-state index in [4.69, 9.17) is 5.73 Å². The van der Waals surface area contributed by atoms with Crippen LogP contribution in [0.3, 0.4) is 0 Å². The lowest BCUT2D eigenvalue weighted by Gasteiger charge is -2.36. The Bertz CT molecular complexity index is 118. The van der Waals surface area contributed by atoms with E-state index in [1.54, 1.807) is 0 Å². The molecule has 0 heterocycles. The van der Waals surface area contributed by atoms with Crippen LogP contribution in [0.5, 0.6) is 0 Å². The van der Waals surface area contributed by atoms with Crippen LogP contribution in [0.1, 0.15) is 19.8 Å². The smallest absolute Gasteiger partial charge is 0.00715 e. The quantitative estimate of drug-likeness (QED) is 0.557. The monoisotopic (exact) mass is 125 g/mol. The summed E-state index contributed by atoms with van der Waals surface area (Å²) < 4.78 is 0. The Morgan fingerprint density at radius 2 is 2.44 bits per heavy atom. The van der Waals surface area contributed by atoms with Gasteiger partial charge in [-0.05, 0) is 31.2 Å². The molecule has 2 unspecified atom stereocenters. The summed E-state index contributed by atoms with van der Waals surface area (Å²) in [6.07, 6.45) is 2.37. The van der Waals surface area contributed by atoms with E-state index in [0.717, 1.165) is 24.8 Å². The molecule has 2 atom stereocenters. The van der Waals surface area contributed by atoms with Gasteiger partial charge in [0.2, 0.25) is 0 Å². The zero-order valence-electron chi connectivity index (χ0n) is 6.06. The fourth-order valence-electron chi connectivity index (χ4n) is 1.62. The van der Waals surface area contributed by atoms with Crippen molar-refractivity contribution in [2.45, 2.75) is 19.8 Å². The number of hydrogen-bond donors (Lipinski definition) is 1. The summed E-state index contributed by atoms with van der Waals surface area (Å²) in [5.41, 5.74) is 6.83. The first kappa shape index (κ1) is 6.81. The third kappa shape index (κ3) is 1.16. The highest BCUT2D eigenvalue weighted by molar-refractivity contribution is 5.13. The van der Waals surface area contributed by atoms with Gasteiger partial charge in [-0.2, -0.15) is 0 Å². The third-order valence-corrected chi connectivity index (χ3v) is 2.27. The summed E-state index contributed by atoms with van der Waals surface area (Å²) in [6, 6.07) is 0. The molecule has 1 aliphatic carbocycles. The lowest BCUT2D eigenvalue weighted by Crippen LogP contribution is -2.27. The molecule has 1 saturated carbocycles. The fraction of sp³-hybridized carbons (Fsp3) is 0.750. The number of rotatable bonds is 2. The van der Waals surface area contributed by atoms with Gasteiger partial charge in [0, 0.05) is 0 Å². The van der Waals surface area contributed by atoms with Crippen molar-refractivity contribution in [1.29, 1.82) is 0 Å². The van der Waals surface area contributed by atoms with E-state index in [9.17, 15) is 0 Å². The molecule has 0 radical (unpaired) electrons. The van der Waals surface area contributed by atoms with E-state index in [1.807, 2.05) is 0 Å². The minimum absolute atomic E-state index is 0.745. The van der Waals surface area contributed by atoms with Crippen molar-refractivity contribution < 1.29 is 0 Å². The number of nitrogens with two attached hydrogens (primary N) is 1. The second-order valence-corrected chi connectivity index (χ2v) is 3.02. The maximum atomic E-state index is 5.42. The third-order valence-electron chi connectivity index (χ3n) is 2.27. The van der Waals surface area contributed by atoms with E-state index in [2.05, 4.69) is 13.5 Å². The van der Waals surface area contributed by atoms with Crippen LogP contribution >= 0.6 is 0 Å². The molecule has 1 heteroatoms. The molecule has 0 aliphatic heterocycles. The van der Waals surface area contributed by atoms with Gasteiger partial charge in [-0.1, -0.05) is 19.1 Å². The van der Waals surface area contributed by atoms with Crippen LogP contribution < -0.4 is 5.73 Å². The number of hydrogen-bond acceptors (Lipinski definition) is 1. The zero-order valence-corrected chi connectivity index (χ0v) is 6.06. The Morgan fingerprint density at radius 1 is 1.78 bits per heavy atom. The van der Waals surface area contributed by atoms with Crippen molar-refractivity contribution in [1.82, 2.24) is 0 Å². The van der Waals surface area contributed by atoms with Crippen molar-refractivity contribution in [2.75, 3.05) is 6.54 Å². The van der Waals surface area contributed by atoms with Crippen molar-refractivity contribution in [3.8, 4) is 0 Å². The standard InChI is InChI=1S/C8H15N/c1-6-5-7(2)8(6)3-4-9/h7-8H,1,3-5,9H2,2H3. The van der Waals surface area contributed by atoms with Crippen molar-refractivity contribution in [2.24, 2.45) is 17.6 Å². The van der Waals surface area contributed by atoms with Crippen LogP contribution in [0.25, 0.3) is 0 Å². The van der Waals surface area contributed by atoms with Gasteiger partial charge in [0.15, 0.2) is 0 Å². The van der Waals surface area contributed by atoms with E-state index in [0.29, 0.717) is 0 Å². The van der Waals surface area contributed by atoms with Gasteiger partial charge in [-0.15, -0.1) is 0 Å². The van der Waals surface area contributed by atoms with E-state index < -0.39 is 0 Å². The second kappa shape index (κ2) is 2.53. The summed E-state index contributed by atoms with van der Waals surface area (Å²) in [7, 11) is 0. The largest absolute Gasteiger partial charge is 0.330 e. The molecule has 0 aromatic heterocycles. The molecule has 1 aliphatic rings. The van der Waals surface area contributed by atoms with E-state index in [1.165, 1.54) is 12.0 Å². The Balaban J connectivity index is 2.30. The van der Waals surface area contributed by atoms with Crippen molar-refractivity contribution >= 4 is 0 Å². The topological polar surface area (TPSA) is 26.0 Å². The van der Waals surface area contributed by atoms with Crippen molar-refractivity contribution in [3.05, 3.63) is 12.2 Å². The highest BCUT2D eigenvalue weighted by atomic mass is 14.5. The first-order valence-corrected chi connectivity index (χ1v) is 3.63. The maximum absolute atomic E-state index is 5.42. The average molecular weight is 125 g/mol. The van der Waals surface area contributed by atoms with Gasteiger partial charge < -0.3 is 5.73 Å². The summed E-state index contributed by atoms with van der Waals surface area (Å²) >= 11 is 0. The highest BCUT2D eigenvalue weighted by Crippen LogP contribution is 2.39. The first-order chi connectivity index (χ1) is 4.25. The lowest BCUT2D eigenvalue weighted by atomic mass is 9.69. The van der Waals surface area contributed by atoms with Crippen LogP contribution in [-0.2, 0) is 0 Å². The summed E-state index contributed by atoms with van der Waals surface area (Å²) in [6.45, 7) is 7.04. The molecule has 1 fully saturated rings. The SMILES string of the molecule is C=C1CC(C)C1CCN. The Kier molecular flexibility index (Phi) is 1.91. The molecular weight excluding hydrogens is 110 g/mol. The molecule has 0 spiro atoms. The van der Waals surface area contributed by atoms with Gasteiger partial charge in [0.05, 0.1) is 0 Å². The molecule has 1 rings (SSSR count). The maximum Gasteiger partial charge on any atom is -0.00715 e. The van der Waals surface area contributed by atoms with Crippen LogP contribution in [0.15, 0.2) is 12.2 Å². The van der Waals surface area contributed by atoms with Gasteiger partial charge in [-0.3, -0.25) is 0 Å². The summed E-state index contributed by atoms with van der Waals surface area (Å²) in [5.74, 6) is 1.59. The van der Waals surface area contributed by atoms with Gasteiger partial charge in [0.25, 0.3) is 0 Å². The first-order valence-electron chi connectivity index (χ1n) is 3.63. The number of allylic oxidation sites excluding steroid dienone is 1. The summed E-state index contributed by atoms with van der Waals surface area (Å²) in [4.78, 5) is 0. The molecule has 0 amide bonds. The van der Waals surface area contributed by atoms with Crippen LogP contribution in [0.2, 0.25) is 0 Å². The van der Waals surface area contributed by atoms with Crippen molar-refractivity contribution in [3.63, 3.8) is 0 Å². The Labute approximate surface area is 56.9 Å². The molecule has 0 aromatic rings. The van der Waals surface area contributed by atoms with Gasteiger partial charge in [-0.25, -0.2) is 0 Å². The van der Waals surface area contributed by atoms with E-state index in [-0.39, 0.29) is 0 Å². The molecule has 9 heavy (non-hydrogen) atoms. The highest BCUT2D eigenvalue weighted by Gasteiger charge is 2.29. The van der Waals surface area contributed by atoms with Crippen LogP contribution in [0.4, 0.5) is 0 Å². The second-order valence-electron chi connectivity index (χ2n) is 3.02. The normalized spacial score (nSPS) is 34.2. The van der Waals surface area contributed by atoms with Gasteiger partial charge in [0.1, 0.15) is 0 Å². The minimum Gasteiger partial charge on any atom is -0.330 e. The molecule has 0 bridgehead atoms. The fourth-order valence-corrected chi connectivity index (χ4v) is 1.62. The molecule has 52 valence electrons. The molecule has 1 nitrogen and oxygen atoms in total. The molecule has 2 N–H and O–H groups in total. The minimum atomic E-state index is 0.745. The molecule has 0 saturated heterocycles. The van der Waals surface area contributed by atoms with Crippen LogP contribution in [-0.4, -0.2) is 6.54 Å². The lowest BCUT2D eigenvalue weighted by molar-refractivity contribution is 0.288. The van der Waals surface area contributed by atoms with E-state index >= 15 is 0 Å².